The third-order valence-electron chi connectivity index (χ3n) is 4.43. The summed E-state index contributed by atoms with van der Waals surface area (Å²) in [5, 5.41) is 0. The Bertz CT molecular complexity index is 454. The van der Waals surface area contributed by atoms with E-state index in [9.17, 15) is 4.79 Å². The molecule has 2 rings (SSSR count). The molecular weight excluding hydrogens is 248 g/mol. The maximum Gasteiger partial charge on any atom is 0.227 e. The maximum absolute atomic E-state index is 12.4. The number of hydrogen-bond donors (Lipinski definition) is 1. The molecule has 1 fully saturated rings. The SMILES string of the molecule is CC(C)(C)C(=O)N1CCC(CN)(c2ccccc2)CC1. The molecule has 0 spiro atoms. The van der Waals surface area contributed by atoms with Crippen molar-refractivity contribution in [3.05, 3.63) is 35.9 Å². The standard InChI is InChI=1S/C17H26N2O/c1-16(2,3)15(20)19-11-9-17(13-18,10-12-19)14-7-5-4-6-8-14/h4-8H,9-13,18H2,1-3H3. The molecule has 3 heteroatoms. The second kappa shape index (κ2) is 5.57. The first-order chi connectivity index (χ1) is 9.39. The van der Waals surface area contributed by atoms with Crippen molar-refractivity contribution in [3.8, 4) is 0 Å². The van der Waals surface area contributed by atoms with Crippen LogP contribution in [0.25, 0.3) is 0 Å². The van der Waals surface area contributed by atoms with Crippen LogP contribution in [0.4, 0.5) is 0 Å². The van der Waals surface area contributed by atoms with Crippen molar-refractivity contribution in [2.45, 2.75) is 39.0 Å². The van der Waals surface area contributed by atoms with E-state index in [1.54, 1.807) is 0 Å². The number of likely N-dealkylation sites (tertiary alicyclic amines) is 1. The average molecular weight is 274 g/mol. The van der Waals surface area contributed by atoms with Crippen molar-refractivity contribution in [2.75, 3.05) is 19.6 Å². The fourth-order valence-corrected chi connectivity index (χ4v) is 3.01. The molecule has 1 heterocycles. The molecule has 110 valence electrons. The van der Waals surface area contributed by atoms with Gasteiger partial charge in [0.15, 0.2) is 0 Å². The zero-order chi connectivity index (χ0) is 14.8. The number of hydrogen-bond acceptors (Lipinski definition) is 2. The number of benzene rings is 1. The van der Waals surface area contributed by atoms with Gasteiger partial charge in [-0.2, -0.15) is 0 Å². The van der Waals surface area contributed by atoms with Gasteiger partial charge >= 0.3 is 0 Å². The number of carbonyl (C=O) groups excluding carboxylic acids is 1. The Labute approximate surface area is 122 Å². The van der Waals surface area contributed by atoms with Gasteiger partial charge in [0.05, 0.1) is 0 Å². The third-order valence-corrected chi connectivity index (χ3v) is 4.43. The fraction of sp³-hybridized carbons (Fsp3) is 0.588. The average Bonchev–Trinajstić information content (AvgIpc) is 2.46. The number of carbonyl (C=O) groups is 1. The van der Waals surface area contributed by atoms with Crippen LogP contribution in [0, 0.1) is 5.41 Å². The smallest absolute Gasteiger partial charge is 0.227 e. The van der Waals surface area contributed by atoms with Gasteiger partial charge in [0.25, 0.3) is 0 Å². The van der Waals surface area contributed by atoms with Gasteiger partial charge in [-0.05, 0) is 18.4 Å². The molecule has 3 nitrogen and oxygen atoms in total. The first-order valence-electron chi connectivity index (χ1n) is 7.44. The van der Waals surface area contributed by atoms with Crippen LogP contribution in [0.5, 0.6) is 0 Å². The van der Waals surface area contributed by atoms with Crippen LogP contribution in [0.2, 0.25) is 0 Å². The summed E-state index contributed by atoms with van der Waals surface area (Å²) in [6.07, 6.45) is 1.91. The Hall–Kier alpha value is -1.35. The number of amides is 1. The van der Waals surface area contributed by atoms with Crippen LogP contribution in [0.15, 0.2) is 30.3 Å². The molecule has 1 aliphatic rings. The molecule has 0 unspecified atom stereocenters. The summed E-state index contributed by atoms with van der Waals surface area (Å²) in [7, 11) is 0. The van der Waals surface area contributed by atoms with Gasteiger partial charge in [-0.15, -0.1) is 0 Å². The maximum atomic E-state index is 12.4. The normalized spacial score (nSPS) is 18.9. The van der Waals surface area contributed by atoms with Gasteiger partial charge in [-0.25, -0.2) is 0 Å². The summed E-state index contributed by atoms with van der Waals surface area (Å²) in [4.78, 5) is 14.3. The van der Waals surface area contributed by atoms with Crippen molar-refractivity contribution in [1.29, 1.82) is 0 Å². The zero-order valence-electron chi connectivity index (χ0n) is 12.9. The summed E-state index contributed by atoms with van der Waals surface area (Å²) in [5.74, 6) is 0.246. The Morgan fingerprint density at radius 1 is 1.20 bits per heavy atom. The number of nitrogens with zero attached hydrogens (tertiary/aromatic N) is 1. The van der Waals surface area contributed by atoms with Crippen LogP contribution in [-0.4, -0.2) is 30.4 Å². The highest BCUT2D eigenvalue weighted by molar-refractivity contribution is 5.81. The summed E-state index contributed by atoms with van der Waals surface area (Å²) in [5.41, 5.74) is 7.13. The molecule has 0 aliphatic carbocycles. The predicted octanol–water partition coefficient (Wildman–Crippen LogP) is 2.55. The summed E-state index contributed by atoms with van der Waals surface area (Å²) in [6, 6.07) is 10.5. The molecule has 1 amide bonds. The molecule has 20 heavy (non-hydrogen) atoms. The quantitative estimate of drug-likeness (QED) is 0.901. The molecule has 0 bridgehead atoms. The van der Waals surface area contributed by atoms with E-state index in [2.05, 4.69) is 24.3 Å². The van der Waals surface area contributed by atoms with Crippen LogP contribution in [0.3, 0.4) is 0 Å². The van der Waals surface area contributed by atoms with E-state index >= 15 is 0 Å². The lowest BCUT2D eigenvalue weighted by molar-refractivity contribution is -0.141. The summed E-state index contributed by atoms with van der Waals surface area (Å²) >= 11 is 0. The lowest BCUT2D eigenvalue weighted by Crippen LogP contribution is -2.50. The van der Waals surface area contributed by atoms with Crippen LogP contribution < -0.4 is 5.73 Å². The zero-order valence-corrected chi connectivity index (χ0v) is 12.9. The molecule has 1 aromatic carbocycles. The first-order valence-corrected chi connectivity index (χ1v) is 7.44. The third kappa shape index (κ3) is 2.88. The van der Waals surface area contributed by atoms with Crippen molar-refractivity contribution < 1.29 is 4.79 Å². The molecule has 1 saturated heterocycles. The molecule has 0 atom stereocenters. The van der Waals surface area contributed by atoms with Crippen LogP contribution in [0.1, 0.15) is 39.2 Å². The van der Waals surface area contributed by atoms with Crippen molar-refractivity contribution in [2.24, 2.45) is 11.1 Å². The minimum Gasteiger partial charge on any atom is -0.342 e. The molecule has 0 aromatic heterocycles. The Morgan fingerprint density at radius 2 is 1.75 bits per heavy atom. The van der Waals surface area contributed by atoms with Crippen LogP contribution >= 0.6 is 0 Å². The lowest BCUT2D eigenvalue weighted by Gasteiger charge is -2.43. The Balaban J connectivity index is 2.11. The molecule has 0 radical (unpaired) electrons. The molecule has 1 aromatic rings. The largest absolute Gasteiger partial charge is 0.342 e. The second-order valence-electron chi connectivity index (χ2n) is 6.89. The predicted molar refractivity (Wildman–Crippen MR) is 82.4 cm³/mol. The van der Waals surface area contributed by atoms with Gasteiger partial charge < -0.3 is 10.6 Å². The summed E-state index contributed by atoms with van der Waals surface area (Å²) < 4.78 is 0. The van der Waals surface area contributed by atoms with E-state index in [4.69, 9.17) is 5.73 Å². The minimum absolute atomic E-state index is 0.0376. The minimum atomic E-state index is -0.296. The van der Waals surface area contributed by atoms with E-state index in [0.717, 1.165) is 25.9 Å². The van der Waals surface area contributed by atoms with Crippen molar-refractivity contribution >= 4 is 5.91 Å². The monoisotopic (exact) mass is 274 g/mol. The van der Waals surface area contributed by atoms with E-state index in [-0.39, 0.29) is 16.7 Å². The highest BCUT2D eigenvalue weighted by atomic mass is 16.2. The molecular formula is C17H26N2O. The van der Waals surface area contributed by atoms with Gasteiger partial charge in [-0.3, -0.25) is 4.79 Å². The number of rotatable bonds is 2. The van der Waals surface area contributed by atoms with Gasteiger partial charge in [0.2, 0.25) is 5.91 Å². The number of piperidine rings is 1. The summed E-state index contributed by atoms with van der Waals surface area (Å²) in [6.45, 7) is 8.21. The highest BCUT2D eigenvalue weighted by Gasteiger charge is 2.38. The highest BCUT2D eigenvalue weighted by Crippen LogP contribution is 2.35. The topological polar surface area (TPSA) is 46.3 Å². The first kappa shape index (κ1) is 15.0. The molecule has 2 N–H and O–H groups in total. The van der Waals surface area contributed by atoms with Gasteiger partial charge in [0, 0.05) is 30.5 Å². The van der Waals surface area contributed by atoms with E-state index < -0.39 is 0 Å². The van der Waals surface area contributed by atoms with E-state index in [1.165, 1.54) is 5.56 Å². The Kier molecular flexibility index (Phi) is 4.19. The van der Waals surface area contributed by atoms with Gasteiger partial charge in [-0.1, -0.05) is 51.1 Å². The molecule has 1 aliphatic heterocycles. The lowest BCUT2D eigenvalue weighted by atomic mass is 9.72. The van der Waals surface area contributed by atoms with Crippen molar-refractivity contribution in [1.82, 2.24) is 4.90 Å². The molecule has 0 saturated carbocycles. The van der Waals surface area contributed by atoms with Crippen LogP contribution in [-0.2, 0) is 10.2 Å². The second-order valence-corrected chi connectivity index (χ2v) is 6.89. The fourth-order valence-electron chi connectivity index (χ4n) is 3.01. The number of nitrogens with two attached hydrogens (primary N) is 1. The van der Waals surface area contributed by atoms with Crippen molar-refractivity contribution in [3.63, 3.8) is 0 Å². The Morgan fingerprint density at radius 3 is 2.20 bits per heavy atom. The van der Waals surface area contributed by atoms with E-state index in [1.807, 2.05) is 31.7 Å². The van der Waals surface area contributed by atoms with E-state index in [0.29, 0.717) is 6.54 Å². The van der Waals surface area contributed by atoms with Gasteiger partial charge in [0.1, 0.15) is 0 Å².